The first-order valence-electron chi connectivity index (χ1n) is 6.39. The number of hydrogen-bond donors (Lipinski definition) is 1. The van der Waals surface area contributed by atoms with Gasteiger partial charge in [0.25, 0.3) is 0 Å². The van der Waals surface area contributed by atoms with Crippen LogP contribution < -0.4 is 5.32 Å². The van der Waals surface area contributed by atoms with Crippen molar-refractivity contribution in [3.63, 3.8) is 0 Å². The molecule has 16 heavy (non-hydrogen) atoms. The van der Waals surface area contributed by atoms with E-state index in [-0.39, 0.29) is 0 Å². The summed E-state index contributed by atoms with van der Waals surface area (Å²) in [5, 5.41) is 7.34. The molecule has 0 atom stereocenters. The minimum absolute atomic E-state index is 0.801. The molecule has 1 N–H and O–H groups in total. The van der Waals surface area contributed by atoms with E-state index in [0.717, 1.165) is 18.9 Å². The van der Waals surface area contributed by atoms with Crippen molar-refractivity contribution in [2.24, 2.45) is 0 Å². The second-order valence-corrected chi connectivity index (χ2v) is 4.20. The molecule has 0 aliphatic carbocycles. The summed E-state index contributed by atoms with van der Waals surface area (Å²) in [5.74, 6) is 1.04. The van der Waals surface area contributed by atoms with Gasteiger partial charge in [0.05, 0.1) is 6.54 Å². The molecule has 92 valence electrons. The van der Waals surface area contributed by atoms with Crippen molar-refractivity contribution >= 4 is 0 Å². The highest BCUT2D eigenvalue weighted by Crippen LogP contribution is 2.06. The normalized spacial score (nSPS) is 10.9. The van der Waals surface area contributed by atoms with Crippen molar-refractivity contribution in [3.05, 3.63) is 12.2 Å². The molecule has 0 aliphatic rings. The lowest BCUT2D eigenvalue weighted by molar-refractivity contribution is 0.505. The van der Waals surface area contributed by atoms with Gasteiger partial charge in [-0.2, -0.15) is 5.10 Å². The molecular formula is C12H24N4. The Morgan fingerprint density at radius 2 is 1.94 bits per heavy atom. The van der Waals surface area contributed by atoms with Crippen LogP contribution >= 0.6 is 0 Å². The Balaban J connectivity index is 2.13. The van der Waals surface area contributed by atoms with Crippen LogP contribution in [0.15, 0.2) is 6.33 Å². The summed E-state index contributed by atoms with van der Waals surface area (Å²) in [6, 6.07) is 0. The number of nitrogens with one attached hydrogen (secondary N) is 1. The monoisotopic (exact) mass is 224 g/mol. The van der Waals surface area contributed by atoms with E-state index in [1.54, 1.807) is 6.33 Å². The van der Waals surface area contributed by atoms with Gasteiger partial charge >= 0.3 is 0 Å². The maximum Gasteiger partial charge on any atom is 0.140 e. The molecule has 0 aromatic carbocycles. The quantitative estimate of drug-likeness (QED) is 0.655. The van der Waals surface area contributed by atoms with Gasteiger partial charge in [-0.05, 0) is 13.5 Å². The highest BCUT2D eigenvalue weighted by atomic mass is 15.3. The van der Waals surface area contributed by atoms with Gasteiger partial charge in [0.1, 0.15) is 12.2 Å². The summed E-state index contributed by atoms with van der Waals surface area (Å²) in [5.41, 5.74) is 0. The second-order valence-electron chi connectivity index (χ2n) is 4.20. The molecule has 1 aromatic rings. The lowest BCUT2D eigenvalue weighted by atomic mass is 10.1. The van der Waals surface area contributed by atoms with Gasteiger partial charge in [-0.25, -0.2) is 9.67 Å². The number of hydrogen-bond acceptors (Lipinski definition) is 3. The Labute approximate surface area is 98.5 Å². The summed E-state index contributed by atoms with van der Waals surface area (Å²) in [6.07, 6.45) is 9.57. The van der Waals surface area contributed by atoms with Crippen molar-refractivity contribution in [2.45, 2.75) is 58.5 Å². The molecule has 1 rings (SSSR count). The number of unbranched alkanes of at least 4 members (excludes halogenated alkanes) is 5. The summed E-state index contributed by atoms with van der Waals surface area (Å²) in [6.45, 7) is 4.05. The fourth-order valence-corrected chi connectivity index (χ4v) is 1.81. The lowest BCUT2D eigenvalue weighted by Gasteiger charge is -2.05. The van der Waals surface area contributed by atoms with Crippen LogP contribution in [0, 0.1) is 0 Å². The molecule has 0 saturated heterocycles. The third kappa shape index (κ3) is 4.75. The van der Waals surface area contributed by atoms with E-state index in [1.165, 1.54) is 38.5 Å². The molecule has 0 radical (unpaired) electrons. The van der Waals surface area contributed by atoms with E-state index in [4.69, 9.17) is 0 Å². The summed E-state index contributed by atoms with van der Waals surface area (Å²) >= 11 is 0. The van der Waals surface area contributed by atoms with Gasteiger partial charge in [0, 0.05) is 6.54 Å². The van der Waals surface area contributed by atoms with Crippen molar-refractivity contribution in [1.29, 1.82) is 0 Å². The minimum Gasteiger partial charge on any atom is -0.313 e. The van der Waals surface area contributed by atoms with Crippen LogP contribution in [0.3, 0.4) is 0 Å². The molecule has 0 fully saturated rings. The topological polar surface area (TPSA) is 42.7 Å². The van der Waals surface area contributed by atoms with Gasteiger partial charge in [-0.1, -0.05) is 39.0 Å². The molecule has 0 spiro atoms. The van der Waals surface area contributed by atoms with Crippen molar-refractivity contribution in [2.75, 3.05) is 7.05 Å². The highest BCUT2D eigenvalue weighted by Gasteiger charge is 2.01. The van der Waals surface area contributed by atoms with Crippen LogP contribution in [0.1, 0.15) is 51.3 Å². The molecule has 0 aliphatic heterocycles. The Morgan fingerprint density at radius 1 is 1.19 bits per heavy atom. The van der Waals surface area contributed by atoms with Crippen LogP contribution in [0.4, 0.5) is 0 Å². The molecular weight excluding hydrogens is 200 g/mol. The number of aromatic nitrogens is 3. The first-order valence-corrected chi connectivity index (χ1v) is 6.39. The molecule has 4 heteroatoms. The fraction of sp³-hybridized carbons (Fsp3) is 0.833. The van der Waals surface area contributed by atoms with Crippen LogP contribution in [0.2, 0.25) is 0 Å². The summed E-state index contributed by atoms with van der Waals surface area (Å²) < 4.78 is 2.01. The predicted molar refractivity (Wildman–Crippen MR) is 66.2 cm³/mol. The van der Waals surface area contributed by atoms with E-state index >= 15 is 0 Å². The number of rotatable bonds is 9. The second kappa shape index (κ2) is 8.28. The van der Waals surface area contributed by atoms with Gasteiger partial charge in [0.2, 0.25) is 0 Å². The van der Waals surface area contributed by atoms with E-state index < -0.39 is 0 Å². The maximum atomic E-state index is 4.23. The number of aryl methyl sites for hydroxylation is 1. The molecule has 0 amide bonds. The average molecular weight is 224 g/mol. The number of nitrogens with zero attached hydrogens (tertiary/aromatic N) is 3. The predicted octanol–water partition coefficient (Wildman–Crippen LogP) is 2.36. The minimum atomic E-state index is 0.801. The molecule has 0 unspecified atom stereocenters. The van der Waals surface area contributed by atoms with Gasteiger partial charge in [-0.15, -0.1) is 0 Å². The van der Waals surface area contributed by atoms with Gasteiger partial charge in [0.15, 0.2) is 0 Å². The molecule has 1 aromatic heterocycles. The summed E-state index contributed by atoms with van der Waals surface area (Å²) in [4.78, 5) is 4.22. The Kier molecular flexibility index (Phi) is 6.81. The zero-order chi connectivity index (χ0) is 11.6. The van der Waals surface area contributed by atoms with E-state index in [9.17, 15) is 0 Å². The zero-order valence-corrected chi connectivity index (χ0v) is 10.6. The third-order valence-electron chi connectivity index (χ3n) is 2.75. The first-order chi connectivity index (χ1) is 7.88. The van der Waals surface area contributed by atoms with Crippen LogP contribution in [0.5, 0.6) is 0 Å². The summed E-state index contributed by atoms with van der Waals surface area (Å²) in [7, 11) is 1.93. The smallest absolute Gasteiger partial charge is 0.140 e. The first kappa shape index (κ1) is 13.2. The van der Waals surface area contributed by atoms with Crippen molar-refractivity contribution < 1.29 is 0 Å². The molecule has 0 saturated carbocycles. The standard InChI is InChI=1S/C12H24N4/c1-3-4-5-6-7-8-9-16-12(10-13-2)14-11-15-16/h11,13H,3-10H2,1-2H3. The third-order valence-corrected chi connectivity index (χ3v) is 2.75. The average Bonchev–Trinajstić information content (AvgIpc) is 2.72. The molecule has 1 heterocycles. The molecule has 0 bridgehead atoms. The highest BCUT2D eigenvalue weighted by molar-refractivity contribution is 4.82. The van der Waals surface area contributed by atoms with E-state index in [1.807, 2.05) is 11.7 Å². The fourth-order valence-electron chi connectivity index (χ4n) is 1.81. The molecule has 4 nitrogen and oxygen atoms in total. The largest absolute Gasteiger partial charge is 0.313 e. The van der Waals surface area contributed by atoms with Crippen molar-refractivity contribution in [3.8, 4) is 0 Å². The Morgan fingerprint density at radius 3 is 2.69 bits per heavy atom. The van der Waals surface area contributed by atoms with Crippen LogP contribution in [-0.2, 0) is 13.1 Å². The Bertz CT molecular complexity index is 270. The van der Waals surface area contributed by atoms with Gasteiger partial charge in [-0.3, -0.25) is 0 Å². The van der Waals surface area contributed by atoms with Gasteiger partial charge < -0.3 is 5.32 Å². The lowest BCUT2D eigenvalue weighted by Crippen LogP contribution is -2.13. The van der Waals surface area contributed by atoms with E-state index in [2.05, 4.69) is 22.3 Å². The van der Waals surface area contributed by atoms with Crippen molar-refractivity contribution in [1.82, 2.24) is 20.1 Å². The van der Waals surface area contributed by atoms with Crippen LogP contribution in [0.25, 0.3) is 0 Å². The Hall–Kier alpha value is -0.900. The van der Waals surface area contributed by atoms with E-state index in [0.29, 0.717) is 0 Å². The maximum absolute atomic E-state index is 4.23. The van der Waals surface area contributed by atoms with Crippen LogP contribution in [-0.4, -0.2) is 21.8 Å². The zero-order valence-electron chi connectivity index (χ0n) is 10.6. The SMILES string of the molecule is CCCCCCCCn1ncnc1CNC.